The molecular formula is C14H18FNO5. The number of ether oxygens (including phenoxy) is 2. The van der Waals surface area contributed by atoms with Crippen LogP contribution < -0.4 is 4.74 Å². The number of hydrogen-bond donors (Lipinski definition) is 0. The third kappa shape index (κ3) is 4.70. The second-order valence-electron chi connectivity index (χ2n) is 4.93. The van der Waals surface area contributed by atoms with Crippen molar-refractivity contribution in [2.24, 2.45) is 5.92 Å². The molecular weight excluding hydrogens is 281 g/mol. The third-order valence-electron chi connectivity index (χ3n) is 2.83. The van der Waals surface area contributed by atoms with E-state index in [0.29, 0.717) is 18.4 Å². The quantitative estimate of drug-likeness (QED) is 0.334. The standard InChI is InChI=1S/C14H18FNO5/c1-9(2)5-4-6-21-13-7-10(14(17)20-3)11(15)8-12(13)16(18)19/h7-9H,4-6H2,1-3H3. The number of hydrogen-bond acceptors (Lipinski definition) is 5. The zero-order valence-electron chi connectivity index (χ0n) is 12.2. The van der Waals surface area contributed by atoms with Crippen molar-refractivity contribution < 1.29 is 23.6 Å². The highest BCUT2D eigenvalue weighted by Crippen LogP contribution is 2.30. The van der Waals surface area contributed by atoms with Gasteiger partial charge in [-0.15, -0.1) is 0 Å². The summed E-state index contributed by atoms with van der Waals surface area (Å²) in [5.41, 5.74) is -0.897. The van der Waals surface area contributed by atoms with Gasteiger partial charge < -0.3 is 9.47 Å². The lowest BCUT2D eigenvalue weighted by Crippen LogP contribution is -2.08. The van der Waals surface area contributed by atoms with Crippen LogP contribution in [0.1, 0.15) is 37.0 Å². The molecule has 0 aliphatic rings. The van der Waals surface area contributed by atoms with E-state index in [1.54, 1.807) is 0 Å². The van der Waals surface area contributed by atoms with Crippen LogP contribution in [-0.2, 0) is 4.74 Å². The van der Waals surface area contributed by atoms with Gasteiger partial charge >= 0.3 is 11.7 Å². The molecule has 116 valence electrons. The molecule has 0 fully saturated rings. The van der Waals surface area contributed by atoms with E-state index in [2.05, 4.69) is 18.6 Å². The fourth-order valence-corrected chi connectivity index (χ4v) is 1.74. The molecule has 0 spiro atoms. The first kappa shape index (κ1) is 16.9. The fourth-order valence-electron chi connectivity index (χ4n) is 1.74. The van der Waals surface area contributed by atoms with Crippen molar-refractivity contribution in [3.63, 3.8) is 0 Å². The van der Waals surface area contributed by atoms with E-state index in [-0.39, 0.29) is 17.9 Å². The highest BCUT2D eigenvalue weighted by Gasteiger charge is 2.23. The van der Waals surface area contributed by atoms with Crippen LogP contribution in [0.25, 0.3) is 0 Å². The maximum absolute atomic E-state index is 13.7. The monoisotopic (exact) mass is 299 g/mol. The molecule has 0 unspecified atom stereocenters. The van der Waals surface area contributed by atoms with Crippen molar-refractivity contribution in [1.82, 2.24) is 0 Å². The molecule has 0 radical (unpaired) electrons. The van der Waals surface area contributed by atoms with Gasteiger partial charge in [0.25, 0.3) is 0 Å². The average molecular weight is 299 g/mol. The maximum Gasteiger partial charge on any atom is 0.340 e. The molecule has 1 aromatic carbocycles. The highest BCUT2D eigenvalue weighted by molar-refractivity contribution is 5.90. The summed E-state index contributed by atoms with van der Waals surface area (Å²) in [6, 6.07) is 1.68. The number of esters is 1. The van der Waals surface area contributed by atoms with Crippen molar-refractivity contribution in [2.75, 3.05) is 13.7 Å². The number of carbonyl (C=O) groups is 1. The van der Waals surface area contributed by atoms with Crippen LogP contribution in [0.5, 0.6) is 5.75 Å². The van der Waals surface area contributed by atoms with E-state index in [1.165, 1.54) is 0 Å². The lowest BCUT2D eigenvalue weighted by atomic mass is 10.1. The topological polar surface area (TPSA) is 78.7 Å². The van der Waals surface area contributed by atoms with Crippen molar-refractivity contribution >= 4 is 11.7 Å². The van der Waals surface area contributed by atoms with E-state index < -0.39 is 22.4 Å². The van der Waals surface area contributed by atoms with Crippen molar-refractivity contribution in [3.05, 3.63) is 33.6 Å². The van der Waals surface area contributed by atoms with Gasteiger partial charge in [-0.05, 0) is 18.8 Å². The van der Waals surface area contributed by atoms with Crippen molar-refractivity contribution in [2.45, 2.75) is 26.7 Å². The molecule has 0 aliphatic heterocycles. The number of nitro benzene ring substituents is 1. The first-order valence-electron chi connectivity index (χ1n) is 6.55. The summed E-state index contributed by atoms with van der Waals surface area (Å²) in [4.78, 5) is 21.6. The Morgan fingerprint density at radius 2 is 2.10 bits per heavy atom. The number of carbonyl (C=O) groups excluding carboxylic acids is 1. The summed E-state index contributed by atoms with van der Waals surface area (Å²) in [6.45, 7) is 4.36. The zero-order chi connectivity index (χ0) is 16.0. The maximum atomic E-state index is 13.7. The summed E-state index contributed by atoms with van der Waals surface area (Å²) >= 11 is 0. The Hall–Kier alpha value is -2.18. The Balaban J connectivity index is 2.97. The first-order valence-corrected chi connectivity index (χ1v) is 6.55. The summed E-state index contributed by atoms with van der Waals surface area (Å²) in [7, 11) is 1.10. The molecule has 0 aromatic heterocycles. The normalized spacial score (nSPS) is 10.5. The van der Waals surface area contributed by atoms with Crippen LogP contribution in [0, 0.1) is 21.8 Å². The van der Waals surface area contributed by atoms with Crippen LogP contribution in [0.4, 0.5) is 10.1 Å². The van der Waals surface area contributed by atoms with Gasteiger partial charge in [0, 0.05) is 6.07 Å². The lowest BCUT2D eigenvalue weighted by molar-refractivity contribution is -0.386. The predicted octanol–water partition coefficient (Wildman–Crippen LogP) is 3.34. The largest absolute Gasteiger partial charge is 0.487 e. The zero-order valence-corrected chi connectivity index (χ0v) is 12.2. The van der Waals surface area contributed by atoms with Gasteiger partial charge in [0.2, 0.25) is 0 Å². The van der Waals surface area contributed by atoms with Gasteiger partial charge in [0.05, 0.1) is 30.3 Å². The Labute approximate surface area is 122 Å². The number of nitrogens with zero attached hydrogens (tertiary/aromatic N) is 1. The van der Waals surface area contributed by atoms with E-state index in [1.807, 2.05) is 0 Å². The van der Waals surface area contributed by atoms with E-state index in [4.69, 9.17) is 4.74 Å². The van der Waals surface area contributed by atoms with Gasteiger partial charge in [-0.25, -0.2) is 9.18 Å². The Morgan fingerprint density at radius 3 is 2.62 bits per heavy atom. The predicted molar refractivity (Wildman–Crippen MR) is 74.0 cm³/mol. The van der Waals surface area contributed by atoms with E-state index in [9.17, 15) is 19.3 Å². The highest BCUT2D eigenvalue weighted by atomic mass is 19.1. The Morgan fingerprint density at radius 1 is 1.43 bits per heavy atom. The van der Waals surface area contributed by atoms with E-state index >= 15 is 0 Å². The molecule has 0 atom stereocenters. The van der Waals surface area contributed by atoms with Crippen LogP contribution in [-0.4, -0.2) is 24.6 Å². The minimum absolute atomic E-state index is 0.134. The Bertz CT molecular complexity index is 530. The molecule has 0 N–H and O–H groups in total. The molecule has 0 saturated carbocycles. The molecule has 0 amide bonds. The first-order chi connectivity index (χ1) is 9.86. The minimum atomic E-state index is -1.01. The summed E-state index contributed by atoms with van der Waals surface area (Å²) < 4.78 is 23.4. The molecule has 0 bridgehead atoms. The minimum Gasteiger partial charge on any atom is -0.487 e. The lowest BCUT2D eigenvalue weighted by Gasteiger charge is -2.10. The smallest absolute Gasteiger partial charge is 0.340 e. The number of nitro groups is 1. The fraction of sp³-hybridized carbons (Fsp3) is 0.500. The van der Waals surface area contributed by atoms with Gasteiger partial charge in [-0.1, -0.05) is 13.8 Å². The second kappa shape index (κ2) is 7.56. The number of halogens is 1. The van der Waals surface area contributed by atoms with Crippen LogP contribution >= 0.6 is 0 Å². The van der Waals surface area contributed by atoms with Crippen LogP contribution in [0.3, 0.4) is 0 Å². The number of benzene rings is 1. The molecule has 6 nitrogen and oxygen atoms in total. The van der Waals surface area contributed by atoms with Crippen molar-refractivity contribution in [3.8, 4) is 5.75 Å². The Kier molecular flexibility index (Phi) is 6.08. The summed E-state index contributed by atoms with van der Waals surface area (Å²) in [5, 5.41) is 10.9. The summed E-state index contributed by atoms with van der Waals surface area (Å²) in [6.07, 6.45) is 1.61. The van der Waals surface area contributed by atoms with Gasteiger partial charge in [0.15, 0.2) is 5.75 Å². The van der Waals surface area contributed by atoms with Gasteiger partial charge in [-0.3, -0.25) is 10.1 Å². The molecule has 21 heavy (non-hydrogen) atoms. The van der Waals surface area contributed by atoms with Crippen LogP contribution in [0.2, 0.25) is 0 Å². The van der Waals surface area contributed by atoms with E-state index in [0.717, 1.165) is 19.6 Å². The van der Waals surface area contributed by atoms with Gasteiger partial charge in [0.1, 0.15) is 5.82 Å². The average Bonchev–Trinajstić information content (AvgIpc) is 2.43. The molecule has 1 aromatic rings. The molecule has 0 aliphatic carbocycles. The molecule has 7 heteroatoms. The third-order valence-corrected chi connectivity index (χ3v) is 2.83. The molecule has 1 rings (SSSR count). The van der Waals surface area contributed by atoms with Crippen LogP contribution in [0.15, 0.2) is 12.1 Å². The van der Waals surface area contributed by atoms with Gasteiger partial charge in [-0.2, -0.15) is 0 Å². The summed E-state index contributed by atoms with van der Waals surface area (Å²) in [5.74, 6) is -1.56. The second-order valence-corrected chi connectivity index (χ2v) is 4.93. The molecule has 0 saturated heterocycles. The molecule has 0 heterocycles. The SMILES string of the molecule is COC(=O)c1cc(OCCCC(C)C)c([N+](=O)[O-])cc1F. The van der Waals surface area contributed by atoms with Crippen molar-refractivity contribution in [1.29, 1.82) is 0 Å². The number of rotatable bonds is 7. The number of methoxy groups -OCH3 is 1.